The topological polar surface area (TPSA) is 38.1 Å². The summed E-state index contributed by atoms with van der Waals surface area (Å²) in [6.45, 7) is 17.6. The summed E-state index contributed by atoms with van der Waals surface area (Å²) in [5, 5.41) is 12.7. The van der Waals surface area contributed by atoms with Crippen LogP contribution in [0.1, 0.15) is 31.9 Å². The number of allylic oxidation sites excluding steroid dienone is 3. The van der Waals surface area contributed by atoms with Gasteiger partial charge in [0.2, 0.25) is 0 Å². The second kappa shape index (κ2) is 12.4. The molecule has 0 aliphatic heterocycles. The van der Waals surface area contributed by atoms with Gasteiger partial charge >= 0.3 is 0 Å². The van der Waals surface area contributed by atoms with E-state index in [9.17, 15) is 5.11 Å². The van der Waals surface area contributed by atoms with Crippen molar-refractivity contribution in [1.29, 1.82) is 0 Å². The molecule has 0 unspecified atom stereocenters. The van der Waals surface area contributed by atoms with Crippen molar-refractivity contribution in [1.82, 2.24) is 9.55 Å². The van der Waals surface area contributed by atoms with E-state index < -0.39 is 8.07 Å². The van der Waals surface area contributed by atoms with E-state index in [4.69, 9.17) is 4.98 Å². The van der Waals surface area contributed by atoms with Gasteiger partial charge in [-0.05, 0) is 41.7 Å². The molecule has 0 saturated carbocycles. The van der Waals surface area contributed by atoms with Crippen molar-refractivity contribution in [3.8, 4) is 34.0 Å². The van der Waals surface area contributed by atoms with Crippen LogP contribution in [0.2, 0.25) is 19.6 Å². The van der Waals surface area contributed by atoms with Crippen molar-refractivity contribution >= 4 is 19.1 Å². The summed E-state index contributed by atoms with van der Waals surface area (Å²) in [7, 11) is -1.39. The van der Waals surface area contributed by atoms with E-state index in [1.807, 2.05) is 36.4 Å². The molecule has 4 aromatic carbocycles. The van der Waals surface area contributed by atoms with Gasteiger partial charge in [0, 0.05) is 26.8 Å². The van der Waals surface area contributed by atoms with Crippen LogP contribution < -0.4 is 0 Å². The third kappa shape index (κ3) is 6.46. The Morgan fingerprint density at radius 2 is 1.57 bits per heavy atom. The molecule has 0 saturated heterocycles. The number of hydrogen-bond donors (Lipinski definition) is 1. The van der Waals surface area contributed by atoms with E-state index in [-0.39, 0.29) is 32.2 Å². The van der Waals surface area contributed by atoms with E-state index >= 15 is 0 Å². The summed E-state index contributed by atoms with van der Waals surface area (Å²) in [4.78, 5) is 5.22. The first-order valence-corrected chi connectivity index (χ1v) is 17.7. The standard InChI is InChI=1S/C37H39N2OSi.Pt/c1-26(41(5,6)7)15-11-16-27-17-12-18-28(25-27)30-21-14-24-33-34(30)38-36(39(33)29-19-9-8-10-20-29)31-22-13-23-32(35(31)40)37(2,3)4;/h8-15,17-24,40H,1,16H2,2-7H3;/q-1;/b15-11-;. The minimum atomic E-state index is -1.39. The number of aromatic hydroxyl groups is 1. The maximum absolute atomic E-state index is 11.5. The molecule has 218 valence electrons. The minimum absolute atomic E-state index is 0. The van der Waals surface area contributed by atoms with Crippen LogP contribution in [-0.4, -0.2) is 22.7 Å². The molecule has 0 fully saturated rings. The van der Waals surface area contributed by atoms with Crippen LogP contribution in [0.3, 0.4) is 0 Å². The van der Waals surface area contributed by atoms with Crippen molar-refractivity contribution in [2.75, 3.05) is 0 Å². The predicted octanol–water partition coefficient (Wildman–Crippen LogP) is 9.69. The van der Waals surface area contributed by atoms with Crippen molar-refractivity contribution in [3.63, 3.8) is 0 Å². The SMILES string of the molecule is C=C(/C=C\Cc1[c-]c(-c2cccc3c2nc(-c2cccc(C(C)(C)C)c2O)n3-c2ccccc2)ccc1)[Si](C)(C)C.[Pt]. The van der Waals surface area contributed by atoms with Crippen LogP contribution in [-0.2, 0) is 32.9 Å². The number of rotatable bonds is 7. The van der Waals surface area contributed by atoms with Crippen molar-refractivity contribution < 1.29 is 26.2 Å². The van der Waals surface area contributed by atoms with Gasteiger partial charge in [0.1, 0.15) is 11.6 Å². The third-order valence-electron chi connectivity index (χ3n) is 7.55. The van der Waals surface area contributed by atoms with Crippen LogP contribution in [0.25, 0.3) is 39.2 Å². The van der Waals surface area contributed by atoms with Gasteiger partial charge in [0.05, 0.1) is 24.7 Å². The van der Waals surface area contributed by atoms with Crippen LogP contribution in [0.5, 0.6) is 5.75 Å². The van der Waals surface area contributed by atoms with Crippen LogP contribution in [0.4, 0.5) is 0 Å². The van der Waals surface area contributed by atoms with Crippen LogP contribution >= 0.6 is 0 Å². The van der Waals surface area contributed by atoms with Gasteiger partial charge in [0.15, 0.2) is 0 Å². The van der Waals surface area contributed by atoms with Crippen molar-refractivity contribution in [2.24, 2.45) is 0 Å². The molecule has 5 aromatic rings. The Kier molecular flexibility index (Phi) is 9.30. The molecule has 1 N–H and O–H groups in total. The summed E-state index contributed by atoms with van der Waals surface area (Å²) >= 11 is 0. The summed E-state index contributed by atoms with van der Waals surface area (Å²) in [6, 6.07) is 32.4. The monoisotopic (exact) mass is 750 g/mol. The molecule has 0 radical (unpaired) electrons. The Labute approximate surface area is 265 Å². The zero-order valence-corrected chi connectivity index (χ0v) is 28.6. The summed E-state index contributed by atoms with van der Waals surface area (Å²) in [5.74, 6) is 0.987. The molecule has 5 rings (SSSR count). The molecule has 0 bridgehead atoms. The fraction of sp³-hybridized carbons (Fsp3) is 0.216. The average molecular weight is 751 g/mol. The van der Waals surface area contributed by atoms with Gasteiger partial charge < -0.3 is 5.11 Å². The quantitative estimate of drug-likeness (QED) is 0.102. The zero-order chi connectivity index (χ0) is 29.4. The Bertz CT molecular complexity index is 1750. The number of fused-ring (bicyclic) bond motifs is 1. The van der Waals surface area contributed by atoms with Gasteiger partial charge in [-0.2, -0.15) is 0 Å². The molecule has 3 nitrogen and oxygen atoms in total. The van der Waals surface area contributed by atoms with Gasteiger partial charge in [-0.15, -0.1) is 35.4 Å². The summed E-state index contributed by atoms with van der Waals surface area (Å²) in [5.41, 5.74) is 7.40. The fourth-order valence-corrected chi connectivity index (χ4v) is 5.65. The number of nitrogens with zero attached hydrogens (tertiary/aromatic N) is 2. The van der Waals surface area contributed by atoms with Crippen molar-refractivity contribution in [2.45, 2.75) is 52.2 Å². The molecule has 0 aliphatic carbocycles. The first-order valence-electron chi connectivity index (χ1n) is 14.2. The van der Waals surface area contributed by atoms with E-state index in [0.29, 0.717) is 11.4 Å². The molecular formula is C37H39N2OPtSi-. The molecule has 0 atom stereocenters. The third-order valence-corrected chi connectivity index (χ3v) is 9.64. The number of phenolic OH excluding ortho intramolecular Hbond substituents is 1. The first kappa shape index (κ1) is 31.5. The number of para-hydroxylation sites is 3. The molecule has 42 heavy (non-hydrogen) atoms. The largest absolute Gasteiger partial charge is 0.507 e. The Morgan fingerprint density at radius 1 is 0.905 bits per heavy atom. The Morgan fingerprint density at radius 3 is 2.26 bits per heavy atom. The zero-order valence-electron chi connectivity index (χ0n) is 25.3. The van der Waals surface area contributed by atoms with Crippen molar-refractivity contribution in [3.05, 3.63) is 126 Å². The van der Waals surface area contributed by atoms with Gasteiger partial charge in [-0.1, -0.05) is 112 Å². The normalized spacial score (nSPS) is 12.0. The van der Waals surface area contributed by atoms with E-state index in [2.05, 4.69) is 118 Å². The summed E-state index contributed by atoms with van der Waals surface area (Å²) < 4.78 is 2.15. The molecule has 1 heterocycles. The van der Waals surface area contributed by atoms with Gasteiger partial charge in [0.25, 0.3) is 0 Å². The number of hydrogen-bond acceptors (Lipinski definition) is 2. The second-order valence-electron chi connectivity index (χ2n) is 12.7. The number of aromatic nitrogens is 2. The average Bonchev–Trinajstić information content (AvgIpc) is 3.32. The molecule has 0 aliphatic rings. The molecular weight excluding hydrogens is 712 g/mol. The second-order valence-corrected chi connectivity index (χ2v) is 17.8. The van der Waals surface area contributed by atoms with E-state index in [1.165, 1.54) is 5.20 Å². The fourth-order valence-electron chi connectivity index (χ4n) is 5.04. The summed E-state index contributed by atoms with van der Waals surface area (Å²) in [6.07, 6.45) is 5.17. The molecule has 0 amide bonds. The first-order chi connectivity index (χ1) is 19.4. The Balaban J connectivity index is 0.00000405. The van der Waals surface area contributed by atoms with E-state index in [1.54, 1.807) is 0 Å². The maximum Gasteiger partial charge on any atom is 0.148 e. The number of imidazole rings is 1. The maximum atomic E-state index is 11.5. The van der Waals surface area contributed by atoms with Gasteiger partial charge in [-0.25, -0.2) is 4.98 Å². The Hall–Kier alpha value is -3.46. The predicted molar refractivity (Wildman–Crippen MR) is 176 cm³/mol. The van der Waals surface area contributed by atoms with Crippen LogP contribution in [0.15, 0.2) is 109 Å². The molecule has 0 spiro atoms. The number of benzene rings is 4. The smallest absolute Gasteiger partial charge is 0.148 e. The van der Waals surface area contributed by atoms with E-state index in [0.717, 1.165) is 45.4 Å². The van der Waals surface area contributed by atoms with Crippen LogP contribution in [0, 0.1) is 6.07 Å². The van der Waals surface area contributed by atoms with Gasteiger partial charge in [-0.3, -0.25) is 4.57 Å². The minimum Gasteiger partial charge on any atom is -0.507 e. The molecule has 5 heteroatoms. The number of phenols is 1. The molecule has 1 aromatic heterocycles.